The molecule has 1 saturated heterocycles. The summed E-state index contributed by atoms with van der Waals surface area (Å²) in [5.41, 5.74) is 5.67. The lowest BCUT2D eigenvalue weighted by molar-refractivity contribution is 0.0966. The fourth-order valence-corrected chi connectivity index (χ4v) is 4.66. The first-order valence-electron chi connectivity index (χ1n) is 11.0. The number of carbonyl (C=O) groups excluding carboxylic acids is 1. The van der Waals surface area contributed by atoms with Gasteiger partial charge in [-0.3, -0.25) is 9.20 Å². The number of anilines is 2. The maximum Gasteiger partial charge on any atom is 0.254 e. The molecule has 0 radical (unpaired) electrons. The molecular weight excluding hydrogens is 421 g/mol. The summed E-state index contributed by atoms with van der Waals surface area (Å²) in [5.74, 6) is 0.566. The molecule has 1 amide bonds. The molecule has 1 atom stereocenters. The number of hydrogen-bond donors (Lipinski definition) is 2. The molecule has 0 saturated carbocycles. The van der Waals surface area contributed by atoms with E-state index in [0.717, 1.165) is 42.0 Å². The first kappa shape index (κ1) is 19.9. The molecule has 0 aliphatic carbocycles. The lowest BCUT2D eigenvalue weighted by atomic mass is 9.99. The minimum Gasteiger partial charge on any atom is -0.381 e. The fraction of sp³-hybridized carbons (Fsp3) is 0.240. The number of halogens is 1. The van der Waals surface area contributed by atoms with E-state index < -0.39 is 0 Å². The largest absolute Gasteiger partial charge is 0.381 e. The number of carbonyl (C=O) groups is 1. The van der Waals surface area contributed by atoms with Crippen molar-refractivity contribution in [3.63, 3.8) is 0 Å². The molecule has 0 bridgehead atoms. The summed E-state index contributed by atoms with van der Waals surface area (Å²) in [4.78, 5) is 21.5. The first-order chi connectivity index (χ1) is 16.1. The van der Waals surface area contributed by atoms with Gasteiger partial charge in [-0.15, -0.1) is 0 Å². The molecule has 2 N–H and O–H groups in total. The van der Waals surface area contributed by atoms with Gasteiger partial charge in [-0.25, -0.2) is 14.4 Å². The maximum absolute atomic E-state index is 14.5. The van der Waals surface area contributed by atoms with Crippen molar-refractivity contribution in [2.75, 3.05) is 18.5 Å². The number of aromatic nitrogens is 3. The number of pyridine rings is 2. The number of hydrogen-bond acceptors (Lipinski definition) is 5. The molecule has 6 rings (SSSR count). The van der Waals surface area contributed by atoms with Crippen LogP contribution in [0, 0.1) is 12.7 Å². The summed E-state index contributed by atoms with van der Waals surface area (Å²) >= 11 is 0. The van der Waals surface area contributed by atoms with Crippen LogP contribution < -0.4 is 10.6 Å². The molecule has 2 aliphatic heterocycles. The Labute approximate surface area is 189 Å². The predicted molar refractivity (Wildman–Crippen MR) is 122 cm³/mol. The van der Waals surface area contributed by atoms with Crippen LogP contribution in [0.2, 0.25) is 0 Å². The van der Waals surface area contributed by atoms with Crippen molar-refractivity contribution in [2.24, 2.45) is 0 Å². The number of aryl methyl sites for hydroxylation is 1. The van der Waals surface area contributed by atoms with E-state index in [4.69, 9.17) is 4.74 Å². The molecule has 5 heterocycles. The van der Waals surface area contributed by atoms with Crippen LogP contribution in [0.4, 0.5) is 15.9 Å². The highest BCUT2D eigenvalue weighted by atomic mass is 19.1. The van der Waals surface area contributed by atoms with E-state index >= 15 is 0 Å². The fourth-order valence-electron chi connectivity index (χ4n) is 4.66. The molecule has 8 heteroatoms. The van der Waals surface area contributed by atoms with E-state index in [1.54, 1.807) is 29.8 Å². The normalized spacial score (nSPS) is 17.4. The summed E-state index contributed by atoms with van der Waals surface area (Å²) in [6, 6.07) is 9.51. The van der Waals surface area contributed by atoms with Gasteiger partial charge in [0.2, 0.25) is 0 Å². The van der Waals surface area contributed by atoms with Crippen LogP contribution in [0.25, 0.3) is 16.9 Å². The molecule has 4 aromatic rings. The number of amides is 1. The minimum atomic E-state index is -0.341. The summed E-state index contributed by atoms with van der Waals surface area (Å²) in [5, 5.41) is 6.20. The molecule has 166 valence electrons. The Morgan fingerprint density at radius 2 is 2.09 bits per heavy atom. The number of nitrogens with zero attached hydrogens (tertiary/aromatic N) is 3. The van der Waals surface area contributed by atoms with Gasteiger partial charge in [0.15, 0.2) is 11.5 Å². The summed E-state index contributed by atoms with van der Waals surface area (Å²) in [7, 11) is 0. The Bertz CT molecular complexity index is 1390. The number of ether oxygens (including phenoxy) is 1. The maximum atomic E-state index is 14.5. The predicted octanol–water partition coefficient (Wildman–Crippen LogP) is 4.33. The Hall–Kier alpha value is -3.78. The Balaban J connectivity index is 1.37. The summed E-state index contributed by atoms with van der Waals surface area (Å²) in [6.07, 6.45) is 6.33. The van der Waals surface area contributed by atoms with Gasteiger partial charge in [-0.1, -0.05) is 12.1 Å². The Morgan fingerprint density at radius 1 is 1.18 bits per heavy atom. The molecule has 33 heavy (non-hydrogen) atoms. The SMILES string of the molecule is Cc1ccn2c(-c3ccc(Nc4ccc([C@@H]5CCOC5)cn4)c4c3CNC4=O)cnc2c1F. The molecule has 0 spiro atoms. The van der Waals surface area contributed by atoms with E-state index in [1.807, 2.05) is 24.4 Å². The highest BCUT2D eigenvalue weighted by Crippen LogP contribution is 2.36. The number of imidazole rings is 1. The highest BCUT2D eigenvalue weighted by Gasteiger charge is 2.27. The average Bonchev–Trinajstić information content (AvgIpc) is 3.58. The van der Waals surface area contributed by atoms with Gasteiger partial charge in [0, 0.05) is 37.0 Å². The van der Waals surface area contributed by atoms with Crippen LogP contribution in [-0.4, -0.2) is 33.5 Å². The van der Waals surface area contributed by atoms with E-state index in [9.17, 15) is 9.18 Å². The van der Waals surface area contributed by atoms with Crippen molar-refractivity contribution in [1.82, 2.24) is 19.7 Å². The lowest BCUT2D eigenvalue weighted by Crippen LogP contribution is -2.13. The second-order valence-corrected chi connectivity index (χ2v) is 8.51. The van der Waals surface area contributed by atoms with Crippen LogP contribution in [0.5, 0.6) is 0 Å². The smallest absolute Gasteiger partial charge is 0.254 e. The lowest BCUT2D eigenvalue weighted by Gasteiger charge is -2.14. The third-order valence-corrected chi connectivity index (χ3v) is 6.50. The molecule has 7 nitrogen and oxygen atoms in total. The van der Waals surface area contributed by atoms with Gasteiger partial charge in [0.25, 0.3) is 5.91 Å². The van der Waals surface area contributed by atoms with E-state index in [-0.39, 0.29) is 17.4 Å². The zero-order chi connectivity index (χ0) is 22.5. The topological polar surface area (TPSA) is 80.5 Å². The van der Waals surface area contributed by atoms with Crippen molar-refractivity contribution >= 4 is 23.1 Å². The third-order valence-electron chi connectivity index (χ3n) is 6.50. The molecular formula is C25H22FN5O2. The van der Waals surface area contributed by atoms with Crippen LogP contribution >= 0.6 is 0 Å². The molecule has 0 unspecified atom stereocenters. The first-order valence-corrected chi connectivity index (χ1v) is 11.0. The molecule has 3 aromatic heterocycles. The Kier molecular flexibility index (Phi) is 4.62. The van der Waals surface area contributed by atoms with Gasteiger partial charge in [0.05, 0.1) is 29.7 Å². The number of fused-ring (bicyclic) bond motifs is 2. The number of benzene rings is 1. The van der Waals surface area contributed by atoms with Crippen molar-refractivity contribution in [1.29, 1.82) is 0 Å². The van der Waals surface area contributed by atoms with E-state index in [0.29, 0.717) is 35.1 Å². The van der Waals surface area contributed by atoms with Gasteiger partial charge in [-0.05, 0) is 48.2 Å². The van der Waals surface area contributed by atoms with Gasteiger partial charge in [-0.2, -0.15) is 0 Å². The average molecular weight is 443 g/mol. The summed E-state index contributed by atoms with van der Waals surface area (Å²) < 4.78 is 21.7. The van der Waals surface area contributed by atoms with Crippen LogP contribution in [-0.2, 0) is 11.3 Å². The van der Waals surface area contributed by atoms with Gasteiger partial charge < -0.3 is 15.4 Å². The van der Waals surface area contributed by atoms with Crippen molar-refractivity contribution in [3.8, 4) is 11.3 Å². The minimum absolute atomic E-state index is 0.148. The Morgan fingerprint density at radius 3 is 2.88 bits per heavy atom. The van der Waals surface area contributed by atoms with Crippen LogP contribution in [0.15, 0.2) is 48.9 Å². The molecule has 2 aliphatic rings. The highest BCUT2D eigenvalue weighted by molar-refractivity contribution is 6.06. The van der Waals surface area contributed by atoms with Crippen molar-refractivity contribution < 1.29 is 13.9 Å². The second kappa shape index (κ2) is 7.67. The van der Waals surface area contributed by atoms with Crippen molar-refractivity contribution in [2.45, 2.75) is 25.8 Å². The quantitative estimate of drug-likeness (QED) is 0.491. The van der Waals surface area contributed by atoms with E-state index in [2.05, 4.69) is 26.7 Å². The third kappa shape index (κ3) is 3.25. The monoisotopic (exact) mass is 443 g/mol. The van der Waals surface area contributed by atoms with Crippen LogP contribution in [0.1, 0.15) is 39.4 Å². The summed E-state index contributed by atoms with van der Waals surface area (Å²) in [6.45, 7) is 3.63. The number of nitrogens with one attached hydrogen (secondary N) is 2. The molecule has 1 fully saturated rings. The zero-order valence-electron chi connectivity index (χ0n) is 18.1. The molecule has 1 aromatic carbocycles. The zero-order valence-corrected chi connectivity index (χ0v) is 18.1. The standard InChI is InChI=1S/C25H22FN5O2/c1-14-6-8-31-20(12-28-24(31)23(14)26)17-3-4-19(22-18(17)11-29-25(22)32)30-21-5-2-15(10-27-21)16-7-9-33-13-16/h2-6,8,10,12,16H,7,9,11,13H2,1H3,(H,27,30)(H,29,32)/t16-/m1/s1. The van der Waals surface area contributed by atoms with Gasteiger partial charge >= 0.3 is 0 Å². The van der Waals surface area contributed by atoms with Crippen molar-refractivity contribution in [3.05, 3.63) is 77.0 Å². The van der Waals surface area contributed by atoms with E-state index in [1.165, 1.54) is 0 Å². The van der Waals surface area contributed by atoms with Gasteiger partial charge in [0.1, 0.15) is 5.82 Å². The van der Waals surface area contributed by atoms with Crippen LogP contribution in [0.3, 0.4) is 0 Å². The second-order valence-electron chi connectivity index (χ2n) is 8.51. The number of rotatable bonds is 4.